The Kier molecular flexibility index (Phi) is 3.57. The first-order valence-electron chi connectivity index (χ1n) is 8.60. The van der Waals surface area contributed by atoms with Crippen LogP contribution in [0, 0.1) is 12.8 Å². The van der Waals surface area contributed by atoms with E-state index >= 15 is 0 Å². The lowest BCUT2D eigenvalue weighted by Crippen LogP contribution is -2.47. The van der Waals surface area contributed by atoms with Crippen molar-refractivity contribution in [3.8, 4) is 11.4 Å². The summed E-state index contributed by atoms with van der Waals surface area (Å²) in [4.78, 5) is 18.8. The topological polar surface area (TPSA) is 83.3 Å². The fraction of sp³-hybridized carbons (Fsp3) is 0.500. The summed E-state index contributed by atoms with van der Waals surface area (Å²) in [5.74, 6) is 0.821. The Bertz CT molecular complexity index is 829. The molecule has 2 bridgehead atoms. The predicted molar refractivity (Wildman–Crippen MR) is 94.0 cm³/mol. The van der Waals surface area contributed by atoms with Crippen LogP contribution in [0.2, 0.25) is 0 Å². The second-order valence-corrected chi connectivity index (χ2v) is 7.50. The van der Waals surface area contributed by atoms with Gasteiger partial charge in [0.2, 0.25) is 0 Å². The van der Waals surface area contributed by atoms with E-state index in [4.69, 9.17) is 0 Å². The van der Waals surface area contributed by atoms with Crippen molar-refractivity contribution in [2.45, 2.75) is 38.3 Å². The summed E-state index contributed by atoms with van der Waals surface area (Å²) in [5, 5.41) is 17.6. The van der Waals surface area contributed by atoms with Gasteiger partial charge in [-0.25, -0.2) is 9.78 Å². The largest absolute Gasteiger partial charge is 0.390 e. The molecule has 7 nitrogen and oxygen atoms in total. The molecule has 2 heterocycles. The van der Waals surface area contributed by atoms with Gasteiger partial charge in [0.25, 0.3) is 0 Å². The van der Waals surface area contributed by atoms with Gasteiger partial charge in [-0.3, -0.25) is 4.68 Å². The molecule has 0 radical (unpaired) electrons. The fourth-order valence-corrected chi connectivity index (χ4v) is 4.05. The number of benzene rings is 1. The molecule has 2 amide bonds. The smallest absolute Gasteiger partial charge is 0.322 e. The van der Waals surface area contributed by atoms with Crippen LogP contribution in [0.4, 0.5) is 10.5 Å². The third kappa shape index (κ3) is 2.78. The number of rotatable bonds is 2. The minimum atomic E-state index is -0.636. The number of piperidine rings is 1. The quantitative estimate of drug-likeness (QED) is 0.877. The van der Waals surface area contributed by atoms with E-state index < -0.39 is 5.60 Å². The molecular formula is C18H23N5O2. The maximum atomic E-state index is 12.7. The number of carbonyl (C=O) groups excluding carboxylic acids is 1. The van der Waals surface area contributed by atoms with Crippen LogP contribution in [0.25, 0.3) is 11.4 Å². The third-order valence-corrected chi connectivity index (χ3v) is 5.53. The summed E-state index contributed by atoms with van der Waals surface area (Å²) < 4.78 is 1.66. The van der Waals surface area contributed by atoms with Crippen LogP contribution in [-0.4, -0.2) is 49.0 Å². The molecule has 7 heteroatoms. The van der Waals surface area contributed by atoms with Crippen LogP contribution in [0.5, 0.6) is 0 Å². The molecule has 1 aromatic carbocycles. The minimum absolute atomic E-state index is 0.105. The van der Waals surface area contributed by atoms with Crippen molar-refractivity contribution in [3.05, 3.63) is 30.1 Å². The van der Waals surface area contributed by atoms with E-state index in [1.165, 1.54) is 0 Å². The molecule has 1 saturated carbocycles. The Morgan fingerprint density at radius 3 is 2.84 bits per heavy atom. The average molecular weight is 341 g/mol. The van der Waals surface area contributed by atoms with Gasteiger partial charge in [0.1, 0.15) is 6.33 Å². The maximum absolute atomic E-state index is 12.7. The summed E-state index contributed by atoms with van der Waals surface area (Å²) in [7, 11) is 1.83. The number of nitrogens with one attached hydrogen (secondary N) is 1. The van der Waals surface area contributed by atoms with Crippen LogP contribution in [0.1, 0.15) is 25.3 Å². The van der Waals surface area contributed by atoms with E-state index in [1.54, 1.807) is 11.0 Å². The van der Waals surface area contributed by atoms with E-state index in [0.717, 1.165) is 23.2 Å². The summed E-state index contributed by atoms with van der Waals surface area (Å²) in [5.41, 5.74) is 2.06. The van der Waals surface area contributed by atoms with Crippen molar-refractivity contribution in [2.24, 2.45) is 13.0 Å². The van der Waals surface area contributed by atoms with Crippen molar-refractivity contribution in [2.75, 3.05) is 11.9 Å². The monoisotopic (exact) mass is 341 g/mol. The molecule has 2 N–H and O–H groups in total. The van der Waals surface area contributed by atoms with Crippen LogP contribution in [0.15, 0.2) is 24.5 Å². The zero-order valence-corrected chi connectivity index (χ0v) is 14.7. The number of hydrogen-bond donors (Lipinski definition) is 2. The van der Waals surface area contributed by atoms with Gasteiger partial charge < -0.3 is 15.3 Å². The van der Waals surface area contributed by atoms with Crippen LogP contribution in [-0.2, 0) is 7.05 Å². The maximum Gasteiger partial charge on any atom is 0.322 e. The number of anilines is 1. The van der Waals surface area contributed by atoms with Crippen molar-refractivity contribution in [1.29, 1.82) is 0 Å². The second-order valence-electron chi connectivity index (χ2n) is 7.50. The Labute approximate surface area is 146 Å². The molecule has 2 fully saturated rings. The molecule has 1 saturated heterocycles. The first-order valence-corrected chi connectivity index (χ1v) is 8.60. The molecule has 1 aromatic heterocycles. The highest BCUT2D eigenvalue weighted by molar-refractivity contribution is 5.90. The van der Waals surface area contributed by atoms with Crippen LogP contribution in [0.3, 0.4) is 0 Å². The minimum Gasteiger partial charge on any atom is -0.390 e. The lowest BCUT2D eigenvalue weighted by atomic mass is 9.91. The molecule has 3 atom stereocenters. The van der Waals surface area contributed by atoms with Crippen LogP contribution < -0.4 is 5.32 Å². The van der Waals surface area contributed by atoms with Gasteiger partial charge in [-0.15, -0.1) is 0 Å². The molecule has 25 heavy (non-hydrogen) atoms. The number of urea groups is 1. The second kappa shape index (κ2) is 5.56. The number of aromatic nitrogens is 3. The van der Waals surface area contributed by atoms with E-state index in [9.17, 15) is 9.90 Å². The third-order valence-electron chi connectivity index (χ3n) is 5.53. The standard InChI is InChI=1S/C18H23N5O2/c1-11-4-5-13(7-15(11)16-19-10-22(3)21-16)20-17(24)23-9-12-6-14(23)8-18(12,2)25/h4-5,7,10,12,14,25H,6,8-9H2,1-3H3,(H,20,24). The Balaban J connectivity index is 1.51. The first kappa shape index (κ1) is 16.1. The van der Waals surface area contributed by atoms with Crippen molar-refractivity contribution in [1.82, 2.24) is 19.7 Å². The molecular weight excluding hydrogens is 318 g/mol. The molecule has 2 aromatic rings. The van der Waals surface area contributed by atoms with Crippen molar-refractivity contribution in [3.63, 3.8) is 0 Å². The molecule has 132 valence electrons. The normalized spacial score (nSPS) is 27.8. The van der Waals surface area contributed by atoms with Crippen molar-refractivity contribution >= 4 is 11.7 Å². The fourth-order valence-electron chi connectivity index (χ4n) is 4.05. The van der Waals surface area contributed by atoms with E-state index in [1.807, 2.05) is 44.0 Å². The molecule has 4 rings (SSSR count). The van der Waals surface area contributed by atoms with Crippen LogP contribution >= 0.6 is 0 Å². The zero-order valence-electron chi connectivity index (χ0n) is 14.7. The van der Waals surface area contributed by atoms with Gasteiger partial charge in [-0.05, 0) is 44.4 Å². The number of likely N-dealkylation sites (tertiary alicyclic amines) is 1. The lowest BCUT2D eigenvalue weighted by Gasteiger charge is -2.35. The van der Waals surface area contributed by atoms with Gasteiger partial charge in [0.05, 0.1) is 5.60 Å². The van der Waals surface area contributed by atoms with E-state index in [-0.39, 0.29) is 18.0 Å². The number of aryl methyl sites for hydroxylation is 2. The molecule has 2 aliphatic rings. The summed E-state index contributed by atoms with van der Waals surface area (Å²) in [6.45, 7) is 4.49. The molecule has 1 aliphatic carbocycles. The number of carbonyl (C=O) groups is 1. The Morgan fingerprint density at radius 2 is 2.24 bits per heavy atom. The van der Waals surface area contributed by atoms with E-state index in [2.05, 4.69) is 15.4 Å². The van der Waals surface area contributed by atoms with Gasteiger partial charge >= 0.3 is 6.03 Å². The van der Waals surface area contributed by atoms with E-state index in [0.29, 0.717) is 18.8 Å². The first-order chi connectivity index (χ1) is 11.8. The Hall–Kier alpha value is -2.41. The highest BCUT2D eigenvalue weighted by Crippen LogP contribution is 2.44. The average Bonchev–Trinajstić information content (AvgIpc) is 3.22. The van der Waals surface area contributed by atoms with Gasteiger partial charge in [0, 0.05) is 36.8 Å². The highest BCUT2D eigenvalue weighted by atomic mass is 16.3. The van der Waals surface area contributed by atoms with Gasteiger partial charge in [-0.1, -0.05) is 6.07 Å². The predicted octanol–water partition coefficient (Wildman–Crippen LogP) is 2.17. The summed E-state index contributed by atoms with van der Waals surface area (Å²) >= 11 is 0. The number of nitrogens with zero attached hydrogens (tertiary/aromatic N) is 4. The highest BCUT2D eigenvalue weighted by Gasteiger charge is 2.52. The number of amides is 2. The Morgan fingerprint density at radius 1 is 1.44 bits per heavy atom. The summed E-state index contributed by atoms with van der Waals surface area (Å²) in [6, 6.07) is 5.79. The van der Waals surface area contributed by atoms with Gasteiger partial charge in [0.15, 0.2) is 5.82 Å². The summed E-state index contributed by atoms with van der Waals surface area (Å²) in [6.07, 6.45) is 3.20. The van der Waals surface area contributed by atoms with Gasteiger partial charge in [-0.2, -0.15) is 5.10 Å². The molecule has 3 unspecified atom stereocenters. The SMILES string of the molecule is Cc1ccc(NC(=O)N2CC3CC2CC3(C)O)cc1-c1ncn(C)n1. The molecule has 0 spiro atoms. The number of aliphatic hydroxyl groups is 1. The van der Waals surface area contributed by atoms with Crippen molar-refractivity contribution < 1.29 is 9.90 Å². The zero-order chi connectivity index (χ0) is 17.8. The lowest BCUT2D eigenvalue weighted by molar-refractivity contribution is -0.00678. The molecule has 1 aliphatic heterocycles. The number of fused-ring (bicyclic) bond motifs is 2. The number of hydrogen-bond acceptors (Lipinski definition) is 4.